The second-order valence-corrected chi connectivity index (χ2v) is 8.38. The molecule has 2 amide bonds. The molecule has 2 rings (SSSR count). The molecule has 2 aromatic rings. The highest BCUT2D eigenvalue weighted by Crippen LogP contribution is 2.17. The Morgan fingerprint density at radius 2 is 1.75 bits per heavy atom. The third-order valence-corrected chi connectivity index (χ3v) is 6.04. The van der Waals surface area contributed by atoms with Gasteiger partial charge in [0, 0.05) is 23.8 Å². The van der Waals surface area contributed by atoms with Crippen LogP contribution in [0.25, 0.3) is 0 Å². The Labute approximate surface area is 180 Å². The first-order chi connectivity index (χ1) is 13.5. The molecule has 0 radical (unpaired) electrons. The third-order valence-electron chi connectivity index (χ3n) is 4.52. The normalized spacial score (nSPS) is 11.7. The quantitative estimate of drug-likeness (QED) is 0.573. The summed E-state index contributed by atoms with van der Waals surface area (Å²) in [6.45, 7) is 2.48. The van der Waals surface area contributed by atoms with Crippen molar-refractivity contribution in [2.24, 2.45) is 0 Å². The Kier molecular flexibility index (Phi) is 9.58. The molecule has 0 spiro atoms. The van der Waals surface area contributed by atoms with Crippen molar-refractivity contribution in [3.63, 3.8) is 0 Å². The lowest BCUT2D eigenvalue weighted by atomic mass is 10.1. The molecule has 0 fully saturated rings. The first kappa shape index (κ1) is 22.5. The number of carbonyl (C=O) groups is 2. The van der Waals surface area contributed by atoms with Gasteiger partial charge in [-0.1, -0.05) is 65.3 Å². The van der Waals surface area contributed by atoms with E-state index in [0.717, 1.165) is 22.2 Å². The molecular weight excluding hydrogens is 436 g/mol. The van der Waals surface area contributed by atoms with Crippen molar-refractivity contribution < 1.29 is 9.59 Å². The number of hydrogen-bond donors (Lipinski definition) is 1. The predicted octanol–water partition coefficient (Wildman–Crippen LogP) is 4.28. The van der Waals surface area contributed by atoms with Gasteiger partial charge in [-0.05, 0) is 36.1 Å². The molecular formula is C22H27BrN2O2S. The Morgan fingerprint density at radius 3 is 2.36 bits per heavy atom. The van der Waals surface area contributed by atoms with Gasteiger partial charge in [0.05, 0.1) is 5.75 Å². The Bertz CT molecular complexity index is 753. The topological polar surface area (TPSA) is 49.4 Å². The van der Waals surface area contributed by atoms with Gasteiger partial charge in [0.25, 0.3) is 0 Å². The van der Waals surface area contributed by atoms with E-state index in [2.05, 4.69) is 21.2 Å². The zero-order chi connectivity index (χ0) is 20.4. The molecule has 0 aliphatic rings. The number of halogens is 1. The average molecular weight is 463 g/mol. The Morgan fingerprint density at radius 1 is 1.07 bits per heavy atom. The summed E-state index contributed by atoms with van der Waals surface area (Å²) < 4.78 is 1.04. The van der Waals surface area contributed by atoms with Crippen LogP contribution in [0, 0.1) is 0 Å². The van der Waals surface area contributed by atoms with Gasteiger partial charge in [0.1, 0.15) is 6.04 Å². The van der Waals surface area contributed by atoms with Crippen LogP contribution in [0.3, 0.4) is 0 Å². The molecule has 1 atom stereocenters. The minimum Gasteiger partial charge on any atom is -0.357 e. The maximum Gasteiger partial charge on any atom is 0.242 e. The highest BCUT2D eigenvalue weighted by atomic mass is 79.9. The van der Waals surface area contributed by atoms with Crippen molar-refractivity contribution in [2.75, 3.05) is 19.3 Å². The predicted molar refractivity (Wildman–Crippen MR) is 120 cm³/mol. The number of benzene rings is 2. The largest absolute Gasteiger partial charge is 0.357 e. The van der Waals surface area contributed by atoms with E-state index in [1.807, 2.05) is 61.5 Å². The van der Waals surface area contributed by atoms with Crippen LogP contribution >= 0.6 is 27.7 Å². The second-order valence-electron chi connectivity index (χ2n) is 6.48. The standard InChI is InChI=1S/C22H27BrN2O2S/c1-3-20(22(27)24-2)25(14-13-17-7-5-4-6-8-17)21(26)16-28-15-18-9-11-19(23)12-10-18/h4-12,20H,3,13-16H2,1-2H3,(H,24,27). The molecule has 4 nitrogen and oxygen atoms in total. The fourth-order valence-corrected chi connectivity index (χ4v) is 4.12. The zero-order valence-electron chi connectivity index (χ0n) is 16.4. The fourth-order valence-electron chi connectivity index (χ4n) is 2.98. The van der Waals surface area contributed by atoms with Gasteiger partial charge in [-0.15, -0.1) is 11.8 Å². The number of carbonyl (C=O) groups excluding carboxylic acids is 2. The smallest absolute Gasteiger partial charge is 0.242 e. The molecule has 0 saturated heterocycles. The van der Waals surface area contributed by atoms with Crippen LogP contribution in [0.1, 0.15) is 24.5 Å². The lowest BCUT2D eigenvalue weighted by molar-refractivity contribution is -0.138. The highest BCUT2D eigenvalue weighted by molar-refractivity contribution is 9.10. The lowest BCUT2D eigenvalue weighted by Crippen LogP contribution is -2.50. The van der Waals surface area contributed by atoms with Crippen LogP contribution in [0.4, 0.5) is 0 Å². The number of likely N-dealkylation sites (N-methyl/N-ethyl adjacent to an activating group) is 1. The minimum atomic E-state index is -0.436. The van der Waals surface area contributed by atoms with E-state index in [-0.39, 0.29) is 11.8 Å². The summed E-state index contributed by atoms with van der Waals surface area (Å²) in [6.07, 6.45) is 1.33. The lowest BCUT2D eigenvalue weighted by Gasteiger charge is -2.30. The van der Waals surface area contributed by atoms with Crippen molar-refractivity contribution >= 4 is 39.5 Å². The Balaban J connectivity index is 2.00. The number of nitrogens with zero attached hydrogens (tertiary/aromatic N) is 1. The van der Waals surface area contributed by atoms with Crippen molar-refractivity contribution in [3.05, 3.63) is 70.2 Å². The summed E-state index contributed by atoms with van der Waals surface area (Å²) in [5.41, 5.74) is 2.34. The maximum atomic E-state index is 12.9. The minimum absolute atomic E-state index is 0.00786. The summed E-state index contributed by atoms with van der Waals surface area (Å²) >= 11 is 5.01. The Hall–Kier alpha value is -1.79. The first-order valence-corrected chi connectivity index (χ1v) is 11.4. The summed E-state index contributed by atoms with van der Waals surface area (Å²) in [7, 11) is 1.62. The van der Waals surface area contributed by atoms with Crippen LogP contribution in [0.15, 0.2) is 59.1 Å². The molecule has 1 N–H and O–H groups in total. The number of nitrogens with one attached hydrogen (secondary N) is 1. The molecule has 150 valence electrons. The van der Waals surface area contributed by atoms with Gasteiger partial charge < -0.3 is 10.2 Å². The van der Waals surface area contributed by atoms with Crippen LogP contribution in [0.2, 0.25) is 0 Å². The monoisotopic (exact) mass is 462 g/mol. The third kappa shape index (κ3) is 6.99. The van der Waals surface area contributed by atoms with Gasteiger partial charge in [0.2, 0.25) is 11.8 Å². The van der Waals surface area contributed by atoms with Crippen molar-refractivity contribution in [3.8, 4) is 0 Å². The van der Waals surface area contributed by atoms with E-state index < -0.39 is 6.04 Å². The van der Waals surface area contributed by atoms with Crippen LogP contribution in [-0.4, -0.2) is 42.1 Å². The van der Waals surface area contributed by atoms with E-state index in [9.17, 15) is 9.59 Å². The molecule has 0 heterocycles. The number of thioether (sulfide) groups is 1. The number of rotatable bonds is 10. The van der Waals surface area contributed by atoms with Gasteiger partial charge in [-0.2, -0.15) is 0 Å². The van der Waals surface area contributed by atoms with Crippen molar-refractivity contribution in [1.82, 2.24) is 10.2 Å². The molecule has 0 aromatic heterocycles. The maximum absolute atomic E-state index is 12.9. The van der Waals surface area contributed by atoms with E-state index in [0.29, 0.717) is 18.7 Å². The van der Waals surface area contributed by atoms with Crippen LogP contribution in [-0.2, 0) is 21.8 Å². The molecule has 28 heavy (non-hydrogen) atoms. The van der Waals surface area contributed by atoms with Gasteiger partial charge in [-0.25, -0.2) is 0 Å². The van der Waals surface area contributed by atoms with Crippen molar-refractivity contribution in [1.29, 1.82) is 0 Å². The summed E-state index contributed by atoms with van der Waals surface area (Å²) in [5.74, 6) is 1.02. The summed E-state index contributed by atoms with van der Waals surface area (Å²) in [6, 6.07) is 17.7. The summed E-state index contributed by atoms with van der Waals surface area (Å²) in [5, 5.41) is 2.69. The van der Waals surface area contributed by atoms with E-state index in [4.69, 9.17) is 0 Å². The van der Waals surface area contributed by atoms with E-state index in [1.54, 1.807) is 23.7 Å². The van der Waals surface area contributed by atoms with Gasteiger partial charge in [0.15, 0.2) is 0 Å². The SMILES string of the molecule is CCC(C(=O)NC)N(CCc1ccccc1)C(=O)CSCc1ccc(Br)cc1. The molecule has 1 unspecified atom stereocenters. The molecule has 0 aliphatic carbocycles. The van der Waals surface area contributed by atoms with Crippen LogP contribution in [0.5, 0.6) is 0 Å². The average Bonchev–Trinajstić information content (AvgIpc) is 2.72. The molecule has 6 heteroatoms. The number of amides is 2. The molecule has 0 saturated carbocycles. The highest BCUT2D eigenvalue weighted by Gasteiger charge is 2.27. The second kappa shape index (κ2) is 11.9. The zero-order valence-corrected chi connectivity index (χ0v) is 18.8. The first-order valence-electron chi connectivity index (χ1n) is 9.42. The summed E-state index contributed by atoms with van der Waals surface area (Å²) in [4.78, 5) is 27.0. The number of hydrogen-bond acceptors (Lipinski definition) is 3. The van der Waals surface area contributed by atoms with Gasteiger partial charge in [-0.3, -0.25) is 9.59 Å². The molecule has 2 aromatic carbocycles. The van der Waals surface area contributed by atoms with Gasteiger partial charge >= 0.3 is 0 Å². The van der Waals surface area contributed by atoms with Crippen molar-refractivity contribution in [2.45, 2.75) is 31.6 Å². The molecule has 0 aliphatic heterocycles. The van der Waals surface area contributed by atoms with Crippen LogP contribution < -0.4 is 5.32 Å². The van der Waals surface area contributed by atoms with E-state index in [1.165, 1.54) is 5.56 Å². The molecule has 0 bridgehead atoms. The van der Waals surface area contributed by atoms with E-state index >= 15 is 0 Å². The fraction of sp³-hybridized carbons (Fsp3) is 0.364.